The zero-order valence-electron chi connectivity index (χ0n) is 10.4. The number of hydrogen-bond donors (Lipinski definition) is 2. The fraction of sp³-hybridized carbons (Fsp3) is 0.583. The van der Waals surface area contributed by atoms with Gasteiger partial charge in [0, 0.05) is 26.7 Å². The van der Waals surface area contributed by atoms with E-state index in [0.29, 0.717) is 13.2 Å². The van der Waals surface area contributed by atoms with Gasteiger partial charge in [-0.15, -0.1) is 0 Å². The number of carbonyl (C=O) groups excluding carboxylic acids is 1. The van der Waals surface area contributed by atoms with E-state index < -0.39 is 0 Å². The van der Waals surface area contributed by atoms with Gasteiger partial charge in [0.2, 0.25) is 5.91 Å². The maximum Gasteiger partial charge on any atom is 0.227 e. The summed E-state index contributed by atoms with van der Waals surface area (Å²) in [6, 6.07) is 1.99. The second-order valence-corrected chi connectivity index (χ2v) is 4.59. The van der Waals surface area contributed by atoms with Crippen LogP contribution in [0.1, 0.15) is 18.4 Å². The number of hydrogen-bond acceptors (Lipinski definition) is 4. The quantitative estimate of drug-likeness (QED) is 0.687. The van der Waals surface area contributed by atoms with Gasteiger partial charge in [0.1, 0.15) is 0 Å². The molecule has 0 fully saturated rings. The fourth-order valence-corrected chi connectivity index (χ4v) is 2.15. The van der Waals surface area contributed by atoms with Crippen LogP contribution in [0.2, 0.25) is 0 Å². The molecule has 1 heterocycles. The lowest BCUT2D eigenvalue weighted by atomic mass is 10.0. The Bertz CT molecular complexity index is 314. The molecule has 1 aromatic heterocycles. The summed E-state index contributed by atoms with van der Waals surface area (Å²) < 4.78 is 4.91. The minimum atomic E-state index is -0.0692. The Balaban J connectivity index is 2.13. The van der Waals surface area contributed by atoms with Crippen LogP contribution in [0.15, 0.2) is 16.8 Å². The molecule has 0 aliphatic carbocycles. The maximum atomic E-state index is 11.8. The molecule has 0 saturated heterocycles. The molecule has 4 nitrogen and oxygen atoms in total. The zero-order valence-corrected chi connectivity index (χ0v) is 11.2. The van der Waals surface area contributed by atoms with Crippen molar-refractivity contribution in [3.63, 3.8) is 0 Å². The van der Waals surface area contributed by atoms with Crippen molar-refractivity contribution in [2.75, 3.05) is 33.4 Å². The second kappa shape index (κ2) is 8.22. The van der Waals surface area contributed by atoms with Crippen LogP contribution in [0.5, 0.6) is 0 Å². The van der Waals surface area contributed by atoms with Crippen molar-refractivity contribution in [2.45, 2.75) is 12.8 Å². The largest absolute Gasteiger partial charge is 0.383 e. The van der Waals surface area contributed by atoms with Gasteiger partial charge < -0.3 is 15.4 Å². The van der Waals surface area contributed by atoms with Crippen molar-refractivity contribution in [1.82, 2.24) is 10.6 Å². The summed E-state index contributed by atoms with van der Waals surface area (Å²) in [5, 5.41) is 10.1. The molecule has 0 radical (unpaired) electrons. The average Bonchev–Trinajstić information content (AvgIpc) is 2.86. The molecule has 1 unspecified atom stereocenters. The highest BCUT2D eigenvalue weighted by Gasteiger charge is 2.14. The monoisotopic (exact) mass is 256 g/mol. The molecule has 1 rings (SSSR count). The van der Waals surface area contributed by atoms with Crippen molar-refractivity contribution in [2.24, 2.45) is 0 Å². The first kappa shape index (κ1) is 14.2. The molecule has 1 amide bonds. The molecule has 1 aromatic rings. The summed E-state index contributed by atoms with van der Waals surface area (Å²) in [6.45, 7) is 4.85. The third kappa shape index (κ3) is 5.30. The molecular formula is C12H20N2O2S. The summed E-state index contributed by atoms with van der Waals surface area (Å²) in [6.07, 6.45) is 0. The summed E-state index contributed by atoms with van der Waals surface area (Å²) in [4.78, 5) is 11.8. The van der Waals surface area contributed by atoms with Crippen molar-refractivity contribution in [3.8, 4) is 0 Å². The van der Waals surface area contributed by atoms with Crippen LogP contribution in [-0.2, 0) is 9.53 Å². The Morgan fingerprint density at radius 2 is 2.29 bits per heavy atom. The lowest BCUT2D eigenvalue weighted by Gasteiger charge is -2.11. The number of rotatable bonds is 8. The minimum absolute atomic E-state index is 0.0692. The number of methoxy groups -OCH3 is 1. The highest BCUT2D eigenvalue weighted by Crippen LogP contribution is 2.17. The first-order valence-corrected chi connectivity index (χ1v) is 6.69. The van der Waals surface area contributed by atoms with Crippen molar-refractivity contribution >= 4 is 17.2 Å². The Morgan fingerprint density at radius 3 is 2.94 bits per heavy atom. The molecule has 0 aromatic carbocycles. The highest BCUT2D eigenvalue weighted by molar-refractivity contribution is 7.08. The third-order valence-corrected chi connectivity index (χ3v) is 3.22. The predicted molar refractivity (Wildman–Crippen MR) is 70.5 cm³/mol. The lowest BCUT2D eigenvalue weighted by molar-refractivity contribution is -0.122. The summed E-state index contributed by atoms with van der Waals surface area (Å²) in [5.74, 6) is 0.0113. The second-order valence-electron chi connectivity index (χ2n) is 3.81. The number of thiophene rings is 1. The molecule has 5 heteroatoms. The van der Waals surface area contributed by atoms with Gasteiger partial charge in [0.25, 0.3) is 0 Å². The molecule has 0 aliphatic rings. The number of carbonyl (C=O) groups is 1. The van der Waals surface area contributed by atoms with Crippen LogP contribution in [0.25, 0.3) is 0 Å². The third-order valence-electron chi connectivity index (χ3n) is 2.52. The molecule has 0 spiro atoms. The molecular weight excluding hydrogens is 236 g/mol. The molecule has 0 bridgehead atoms. The SMILES string of the molecule is COCCNCCNC(=O)C(C)c1ccsc1. The highest BCUT2D eigenvalue weighted by atomic mass is 32.1. The van der Waals surface area contributed by atoms with Crippen LogP contribution >= 0.6 is 11.3 Å². The van der Waals surface area contributed by atoms with E-state index in [9.17, 15) is 4.79 Å². The fourth-order valence-electron chi connectivity index (χ4n) is 1.40. The van der Waals surface area contributed by atoms with Gasteiger partial charge >= 0.3 is 0 Å². The van der Waals surface area contributed by atoms with E-state index in [1.54, 1.807) is 18.4 Å². The van der Waals surface area contributed by atoms with Crippen molar-refractivity contribution < 1.29 is 9.53 Å². The van der Waals surface area contributed by atoms with Crippen LogP contribution in [0, 0.1) is 0 Å². The van der Waals surface area contributed by atoms with Crippen molar-refractivity contribution in [3.05, 3.63) is 22.4 Å². The summed E-state index contributed by atoms with van der Waals surface area (Å²) in [7, 11) is 1.67. The maximum absolute atomic E-state index is 11.8. The molecule has 0 saturated carbocycles. The van der Waals surface area contributed by atoms with Crippen LogP contribution in [-0.4, -0.2) is 39.3 Å². The van der Waals surface area contributed by atoms with E-state index >= 15 is 0 Å². The number of ether oxygens (including phenoxy) is 1. The molecule has 96 valence electrons. The van der Waals surface area contributed by atoms with E-state index in [2.05, 4.69) is 10.6 Å². The Hall–Kier alpha value is -0.910. The van der Waals surface area contributed by atoms with E-state index in [4.69, 9.17) is 4.74 Å². The first-order chi connectivity index (χ1) is 8.25. The van der Waals surface area contributed by atoms with Crippen LogP contribution in [0.4, 0.5) is 0 Å². The Labute approximate surface area is 106 Å². The van der Waals surface area contributed by atoms with E-state index in [0.717, 1.165) is 18.7 Å². The van der Waals surface area contributed by atoms with E-state index in [-0.39, 0.29) is 11.8 Å². The van der Waals surface area contributed by atoms with Crippen LogP contribution < -0.4 is 10.6 Å². The van der Waals surface area contributed by atoms with Gasteiger partial charge in [-0.2, -0.15) is 11.3 Å². The van der Waals surface area contributed by atoms with Crippen molar-refractivity contribution in [1.29, 1.82) is 0 Å². The smallest absolute Gasteiger partial charge is 0.227 e. The lowest BCUT2D eigenvalue weighted by Crippen LogP contribution is -2.35. The zero-order chi connectivity index (χ0) is 12.5. The molecule has 1 atom stereocenters. The van der Waals surface area contributed by atoms with Crippen LogP contribution in [0.3, 0.4) is 0 Å². The van der Waals surface area contributed by atoms with Gasteiger partial charge in [-0.25, -0.2) is 0 Å². The Kier molecular flexibility index (Phi) is 6.84. The van der Waals surface area contributed by atoms with Gasteiger partial charge in [-0.05, 0) is 29.3 Å². The standard InChI is InChI=1S/C12H20N2O2S/c1-10(11-3-8-17-9-11)12(15)14-5-4-13-6-7-16-2/h3,8-10,13H,4-7H2,1-2H3,(H,14,15). The molecule has 17 heavy (non-hydrogen) atoms. The average molecular weight is 256 g/mol. The normalized spacial score (nSPS) is 12.4. The Morgan fingerprint density at radius 1 is 1.47 bits per heavy atom. The van der Waals surface area contributed by atoms with Gasteiger partial charge in [-0.3, -0.25) is 4.79 Å². The minimum Gasteiger partial charge on any atom is -0.383 e. The predicted octanol–water partition coefficient (Wildman–Crippen LogP) is 1.20. The summed E-state index contributed by atoms with van der Waals surface area (Å²) in [5.41, 5.74) is 1.08. The molecule has 2 N–H and O–H groups in total. The summed E-state index contributed by atoms with van der Waals surface area (Å²) >= 11 is 1.62. The van der Waals surface area contributed by atoms with E-state index in [1.807, 2.05) is 23.8 Å². The first-order valence-electron chi connectivity index (χ1n) is 5.75. The van der Waals surface area contributed by atoms with E-state index in [1.165, 1.54) is 0 Å². The van der Waals surface area contributed by atoms with Gasteiger partial charge in [0.05, 0.1) is 12.5 Å². The number of nitrogens with one attached hydrogen (secondary N) is 2. The number of amides is 1. The van der Waals surface area contributed by atoms with Gasteiger partial charge in [0.15, 0.2) is 0 Å². The molecule has 0 aliphatic heterocycles. The topological polar surface area (TPSA) is 50.4 Å². The van der Waals surface area contributed by atoms with Gasteiger partial charge in [-0.1, -0.05) is 0 Å².